The molecular weight excluding hydrogens is 240 g/mol. The van der Waals surface area contributed by atoms with Crippen molar-refractivity contribution >= 4 is 15.7 Å². The number of sulfone groups is 1. The van der Waals surface area contributed by atoms with Gasteiger partial charge >= 0.3 is 0 Å². The van der Waals surface area contributed by atoms with Gasteiger partial charge in [0, 0.05) is 6.54 Å². The maximum absolute atomic E-state index is 11.7. The topological polar surface area (TPSA) is 89.3 Å². The third-order valence-electron chi connectivity index (χ3n) is 2.56. The predicted octanol–water partition coefficient (Wildman–Crippen LogP) is 0.301. The zero-order valence-corrected chi connectivity index (χ0v) is 11.7. The van der Waals surface area contributed by atoms with Gasteiger partial charge in [0.05, 0.1) is 5.75 Å². The van der Waals surface area contributed by atoms with E-state index in [0.717, 1.165) is 6.42 Å². The predicted molar refractivity (Wildman–Crippen MR) is 69.4 cm³/mol. The fourth-order valence-electron chi connectivity index (χ4n) is 1.25. The molecule has 0 fully saturated rings. The van der Waals surface area contributed by atoms with Crippen LogP contribution >= 0.6 is 0 Å². The Kier molecular flexibility index (Phi) is 7.38. The summed E-state index contributed by atoms with van der Waals surface area (Å²) in [5.74, 6) is 0.0459. The third-order valence-corrected chi connectivity index (χ3v) is 4.71. The molecule has 0 aliphatic heterocycles. The van der Waals surface area contributed by atoms with E-state index in [1.165, 1.54) is 6.92 Å². The van der Waals surface area contributed by atoms with Gasteiger partial charge in [0.2, 0.25) is 5.91 Å². The highest BCUT2D eigenvalue weighted by Crippen LogP contribution is 2.04. The Balaban J connectivity index is 4.20. The van der Waals surface area contributed by atoms with E-state index in [0.29, 0.717) is 25.4 Å². The molecule has 0 bridgehead atoms. The van der Waals surface area contributed by atoms with Crippen molar-refractivity contribution in [2.24, 2.45) is 11.7 Å². The Morgan fingerprint density at radius 1 is 1.29 bits per heavy atom. The first-order chi connectivity index (χ1) is 7.81. The van der Waals surface area contributed by atoms with Crippen LogP contribution in [0.1, 0.15) is 33.6 Å². The van der Waals surface area contributed by atoms with Crippen LogP contribution in [0.15, 0.2) is 0 Å². The van der Waals surface area contributed by atoms with Crippen molar-refractivity contribution in [1.29, 1.82) is 0 Å². The minimum Gasteiger partial charge on any atom is -0.355 e. The summed E-state index contributed by atoms with van der Waals surface area (Å²) in [7, 11) is -3.36. The molecule has 1 atom stereocenters. The van der Waals surface area contributed by atoms with Gasteiger partial charge in [0.1, 0.15) is 5.25 Å². The van der Waals surface area contributed by atoms with E-state index in [2.05, 4.69) is 5.32 Å². The van der Waals surface area contributed by atoms with Crippen LogP contribution in [-0.2, 0) is 14.6 Å². The number of carbonyl (C=O) groups is 1. The quantitative estimate of drug-likeness (QED) is 0.660. The molecular formula is C11H24N2O3S. The largest absolute Gasteiger partial charge is 0.355 e. The number of amides is 1. The highest BCUT2D eigenvalue weighted by atomic mass is 32.2. The van der Waals surface area contributed by atoms with E-state index in [1.54, 1.807) is 0 Å². The van der Waals surface area contributed by atoms with Crippen molar-refractivity contribution in [3.8, 4) is 0 Å². The summed E-state index contributed by atoms with van der Waals surface area (Å²) in [6.07, 6.45) is 1.24. The van der Waals surface area contributed by atoms with Crippen LogP contribution in [0, 0.1) is 5.92 Å². The van der Waals surface area contributed by atoms with E-state index in [9.17, 15) is 13.2 Å². The van der Waals surface area contributed by atoms with E-state index in [1.807, 2.05) is 13.8 Å². The van der Waals surface area contributed by atoms with E-state index in [-0.39, 0.29) is 5.75 Å². The number of nitrogens with one attached hydrogen (secondary N) is 1. The average molecular weight is 264 g/mol. The molecule has 0 saturated carbocycles. The first-order valence-corrected chi connectivity index (χ1v) is 7.72. The minimum atomic E-state index is -3.36. The van der Waals surface area contributed by atoms with E-state index in [4.69, 9.17) is 5.73 Å². The summed E-state index contributed by atoms with van der Waals surface area (Å²) in [6.45, 7) is 6.37. The Morgan fingerprint density at radius 3 is 2.35 bits per heavy atom. The summed E-state index contributed by atoms with van der Waals surface area (Å²) >= 11 is 0. The number of hydrogen-bond acceptors (Lipinski definition) is 4. The van der Waals surface area contributed by atoms with Crippen LogP contribution in [0.4, 0.5) is 0 Å². The van der Waals surface area contributed by atoms with Crippen molar-refractivity contribution < 1.29 is 13.2 Å². The van der Waals surface area contributed by atoms with Gasteiger partial charge in [-0.3, -0.25) is 4.79 Å². The van der Waals surface area contributed by atoms with E-state index >= 15 is 0 Å². The molecule has 0 aliphatic rings. The Morgan fingerprint density at radius 2 is 1.88 bits per heavy atom. The molecule has 1 unspecified atom stereocenters. The molecule has 5 nitrogen and oxygen atoms in total. The van der Waals surface area contributed by atoms with Crippen molar-refractivity contribution in [3.63, 3.8) is 0 Å². The average Bonchev–Trinajstić information content (AvgIpc) is 2.24. The molecule has 1 amide bonds. The molecule has 6 heteroatoms. The Hall–Kier alpha value is -0.620. The van der Waals surface area contributed by atoms with Gasteiger partial charge in [-0.05, 0) is 32.2 Å². The molecule has 0 spiro atoms. The second kappa shape index (κ2) is 7.66. The summed E-state index contributed by atoms with van der Waals surface area (Å²) in [5, 5.41) is 1.66. The van der Waals surface area contributed by atoms with Crippen molar-refractivity contribution in [1.82, 2.24) is 5.32 Å². The first kappa shape index (κ1) is 16.4. The van der Waals surface area contributed by atoms with Crippen LogP contribution in [0.25, 0.3) is 0 Å². The number of hydrogen-bond donors (Lipinski definition) is 2. The summed E-state index contributed by atoms with van der Waals surface area (Å²) in [4.78, 5) is 11.6. The van der Waals surface area contributed by atoms with Gasteiger partial charge in [0.15, 0.2) is 9.84 Å². The normalized spacial score (nSPS) is 13.7. The maximum Gasteiger partial charge on any atom is 0.238 e. The standard InChI is InChI=1S/C11H24N2O3S/c1-9(2)5-7-13-11(14)10(3)17(15,16)8-4-6-12/h9-10H,4-8,12H2,1-3H3,(H,13,14). The van der Waals surface area contributed by atoms with Crippen LogP contribution in [0.3, 0.4) is 0 Å². The zero-order valence-electron chi connectivity index (χ0n) is 10.9. The molecule has 0 aromatic rings. The lowest BCUT2D eigenvalue weighted by Crippen LogP contribution is -2.39. The lowest BCUT2D eigenvalue weighted by Gasteiger charge is -2.13. The van der Waals surface area contributed by atoms with Crippen LogP contribution in [-0.4, -0.2) is 38.4 Å². The lowest BCUT2D eigenvalue weighted by atomic mass is 10.1. The summed E-state index contributed by atoms with van der Waals surface area (Å²) < 4.78 is 23.4. The van der Waals surface area contributed by atoms with Gasteiger partial charge in [-0.1, -0.05) is 13.8 Å². The molecule has 0 rings (SSSR count). The SMILES string of the molecule is CC(C)CCNC(=O)C(C)S(=O)(=O)CCCN. The van der Waals surface area contributed by atoms with Crippen molar-refractivity contribution in [3.05, 3.63) is 0 Å². The maximum atomic E-state index is 11.7. The molecule has 0 heterocycles. The fraction of sp³-hybridized carbons (Fsp3) is 0.909. The highest BCUT2D eigenvalue weighted by Gasteiger charge is 2.26. The van der Waals surface area contributed by atoms with E-state index < -0.39 is 21.0 Å². The van der Waals surface area contributed by atoms with Crippen LogP contribution < -0.4 is 11.1 Å². The van der Waals surface area contributed by atoms with Gasteiger partial charge in [-0.25, -0.2) is 8.42 Å². The second-order valence-electron chi connectivity index (χ2n) is 4.62. The molecule has 102 valence electrons. The van der Waals surface area contributed by atoms with Crippen LogP contribution in [0.5, 0.6) is 0 Å². The third kappa shape index (κ3) is 6.63. The number of rotatable bonds is 8. The molecule has 0 radical (unpaired) electrons. The molecule has 0 aliphatic carbocycles. The number of nitrogens with two attached hydrogens (primary N) is 1. The fourth-order valence-corrected chi connectivity index (χ4v) is 2.58. The van der Waals surface area contributed by atoms with Crippen molar-refractivity contribution in [2.45, 2.75) is 38.9 Å². The highest BCUT2D eigenvalue weighted by molar-refractivity contribution is 7.92. The zero-order chi connectivity index (χ0) is 13.5. The molecule has 0 aromatic heterocycles. The molecule has 0 saturated heterocycles. The van der Waals surface area contributed by atoms with Gasteiger partial charge < -0.3 is 11.1 Å². The molecule has 17 heavy (non-hydrogen) atoms. The molecule has 3 N–H and O–H groups in total. The van der Waals surface area contributed by atoms with Gasteiger partial charge in [-0.2, -0.15) is 0 Å². The number of carbonyl (C=O) groups excluding carboxylic acids is 1. The molecule has 0 aromatic carbocycles. The second-order valence-corrected chi connectivity index (χ2v) is 7.07. The Labute approximate surface area is 104 Å². The van der Waals surface area contributed by atoms with Gasteiger partial charge in [-0.15, -0.1) is 0 Å². The lowest BCUT2D eigenvalue weighted by molar-refractivity contribution is -0.120. The monoisotopic (exact) mass is 264 g/mol. The Bertz CT molecular complexity index is 326. The smallest absolute Gasteiger partial charge is 0.238 e. The van der Waals surface area contributed by atoms with Crippen LogP contribution in [0.2, 0.25) is 0 Å². The van der Waals surface area contributed by atoms with Gasteiger partial charge in [0.25, 0.3) is 0 Å². The summed E-state index contributed by atoms with van der Waals surface area (Å²) in [6, 6.07) is 0. The first-order valence-electron chi connectivity index (χ1n) is 6.00. The van der Waals surface area contributed by atoms with Crippen molar-refractivity contribution in [2.75, 3.05) is 18.8 Å². The summed E-state index contributed by atoms with van der Waals surface area (Å²) in [5.41, 5.74) is 5.26. The minimum absolute atomic E-state index is 0.0255.